The first-order valence-electron chi connectivity index (χ1n) is 9.92. The van der Waals surface area contributed by atoms with Crippen LogP contribution in [0.5, 0.6) is 0 Å². The van der Waals surface area contributed by atoms with Crippen LogP contribution in [0.3, 0.4) is 0 Å². The predicted octanol–water partition coefficient (Wildman–Crippen LogP) is 2.93. The van der Waals surface area contributed by atoms with Crippen LogP contribution < -0.4 is 10.2 Å². The first-order chi connectivity index (χ1) is 14.6. The van der Waals surface area contributed by atoms with Crippen molar-refractivity contribution >= 4 is 29.1 Å². The predicted molar refractivity (Wildman–Crippen MR) is 113 cm³/mol. The quantitative estimate of drug-likeness (QED) is 0.695. The number of nitrogens with one attached hydrogen (secondary N) is 1. The molecule has 0 radical (unpaired) electrons. The van der Waals surface area contributed by atoms with Crippen LogP contribution in [0.4, 0.5) is 11.6 Å². The summed E-state index contributed by atoms with van der Waals surface area (Å²) in [6.45, 7) is 4.89. The summed E-state index contributed by atoms with van der Waals surface area (Å²) in [4.78, 5) is 14.7. The summed E-state index contributed by atoms with van der Waals surface area (Å²) in [5, 5.41) is 17.0. The molecule has 1 saturated heterocycles. The molecule has 2 aromatic heterocycles. The molecule has 2 aliphatic heterocycles. The number of carbonyl (C=O) groups is 1. The van der Waals surface area contributed by atoms with E-state index >= 15 is 0 Å². The average Bonchev–Trinajstić information content (AvgIpc) is 3.10. The zero-order chi connectivity index (χ0) is 20.7. The van der Waals surface area contributed by atoms with Gasteiger partial charge in [-0.2, -0.15) is 9.78 Å². The third-order valence-corrected chi connectivity index (χ3v) is 5.92. The van der Waals surface area contributed by atoms with Crippen molar-refractivity contribution in [3.63, 3.8) is 0 Å². The summed E-state index contributed by atoms with van der Waals surface area (Å²) >= 11 is 6.44. The third kappa shape index (κ3) is 3.32. The Morgan fingerprint density at radius 3 is 2.57 bits per heavy atom. The van der Waals surface area contributed by atoms with Gasteiger partial charge in [0.15, 0.2) is 11.6 Å². The van der Waals surface area contributed by atoms with Crippen LogP contribution in [0.2, 0.25) is 5.02 Å². The van der Waals surface area contributed by atoms with Gasteiger partial charge in [0.1, 0.15) is 5.82 Å². The molecule has 0 spiro atoms. The number of aromatic nitrogens is 4. The average molecular weight is 425 g/mol. The van der Waals surface area contributed by atoms with Crippen molar-refractivity contribution in [3.05, 3.63) is 58.2 Å². The smallest absolute Gasteiger partial charge is 0.226 e. The largest absolute Gasteiger partial charge is 0.378 e. The number of carbonyl (C=O) groups excluding carboxylic acids is 1. The Kier molecular flexibility index (Phi) is 4.88. The van der Waals surface area contributed by atoms with Gasteiger partial charge in [-0.25, -0.2) is 0 Å². The molecule has 0 bridgehead atoms. The summed E-state index contributed by atoms with van der Waals surface area (Å²) in [5.41, 5.74) is 2.71. The summed E-state index contributed by atoms with van der Waals surface area (Å²) in [6, 6.07) is 11.4. The van der Waals surface area contributed by atoms with Gasteiger partial charge in [-0.15, -0.1) is 10.2 Å². The molecular weight excluding hydrogens is 404 g/mol. The van der Waals surface area contributed by atoms with E-state index in [1.165, 1.54) is 0 Å². The number of halogens is 1. The van der Waals surface area contributed by atoms with E-state index in [4.69, 9.17) is 16.3 Å². The highest BCUT2D eigenvalue weighted by atomic mass is 35.5. The van der Waals surface area contributed by atoms with Gasteiger partial charge in [-0.3, -0.25) is 4.79 Å². The second kappa shape index (κ2) is 7.70. The number of ether oxygens (including phenoxy) is 1. The number of anilines is 2. The summed E-state index contributed by atoms with van der Waals surface area (Å²) in [7, 11) is 0. The van der Waals surface area contributed by atoms with Crippen molar-refractivity contribution in [1.82, 2.24) is 20.0 Å². The minimum Gasteiger partial charge on any atom is -0.378 e. The molecule has 30 heavy (non-hydrogen) atoms. The lowest BCUT2D eigenvalue weighted by Gasteiger charge is -2.27. The van der Waals surface area contributed by atoms with Gasteiger partial charge >= 0.3 is 0 Å². The number of amides is 1. The second-order valence-corrected chi connectivity index (χ2v) is 7.84. The number of hydrogen-bond donors (Lipinski definition) is 1. The Morgan fingerprint density at radius 2 is 1.83 bits per heavy atom. The molecule has 1 atom stereocenters. The van der Waals surface area contributed by atoms with Crippen LogP contribution >= 0.6 is 11.6 Å². The van der Waals surface area contributed by atoms with Crippen LogP contribution in [0.25, 0.3) is 5.82 Å². The van der Waals surface area contributed by atoms with Gasteiger partial charge in [0.05, 0.1) is 18.9 Å². The van der Waals surface area contributed by atoms with E-state index in [0.717, 1.165) is 35.7 Å². The van der Waals surface area contributed by atoms with Crippen molar-refractivity contribution in [1.29, 1.82) is 0 Å². The van der Waals surface area contributed by atoms with Crippen molar-refractivity contribution in [2.24, 2.45) is 0 Å². The third-order valence-electron chi connectivity index (χ3n) is 5.57. The maximum atomic E-state index is 12.5. The van der Waals surface area contributed by atoms with E-state index in [9.17, 15) is 4.79 Å². The number of rotatable bonds is 3. The molecule has 2 aliphatic rings. The molecule has 4 heterocycles. The maximum absolute atomic E-state index is 12.5. The zero-order valence-corrected chi connectivity index (χ0v) is 17.3. The lowest BCUT2D eigenvalue weighted by Crippen LogP contribution is -2.36. The Bertz CT molecular complexity index is 1090. The Balaban J connectivity index is 1.53. The number of aryl methyl sites for hydroxylation is 1. The van der Waals surface area contributed by atoms with Crippen molar-refractivity contribution in [3.8, 4) is 5.82 Å². The minimum absolute atomic E-state index is 0.0773. The lowest BCUT2D eigenvalue weighted by molar-refractivity contribution is -0.116. The molecule has 1 aromatic carbocycles. The lowest BCUT2D eigenvalue weighted by atomic mass is 9.86. The first kappa shape index (κ1) is 19.0. The zero-order valence-electron chi connectivity index (χ0n) is 16.5. The summed E-state index contributed by atoms with van der Waals surface area (Å²) in [5.74, 6) is 1.75. The Labute approximate surface area is 178 Å². The Hall–Kier alpha value is -2.97. The van der Waals surface area contributed by atoms with Gasteiger partial charge in [-0.1, -0.05) is 29.8 Å². The maximum Gasteiger partial charge on any atom is 0.226 e. The van der Waals surface area contributed by atoms with E-state index in [1.807, 2.05) is 43.3 Å². The monoisotopic (exact) mass is 424 g/mol. The molecule has 3 aromatic rings. The van der Waals surface area contributed by atoms with Crippen LogP contribution in [0.15, 0.2) is 36.4 Å². The standard InChI is InChI=1S/C21H21ClN6O2/c1-13-20-15(14-4-2-3-5-16(14)22)12-19(29)23-21(20)28(26-13)18-7-6-17(24-25-18)27-8-10-30-11-9-27/h2-7,15H,8-12H2,1H3,(H,23,29). The molecule has 1 amide bonds. The first-order valence-corrected chi connectivity index (χ1v) is 10.3. The molecular formula is C21H21ClN6O2. The molecule has 1 unspecified atom stereocenters. The highest BCUT2D eigenvalue weighted by Gasteiger charge is 2.33. The van der Waals surface area contributed by atoms with E-state index in [0.29, 0.717) is 36.3 Å². The fraction of sp³-hybridized carbons (Fsp3) is 0.333. The van der Waals surface area contributed by atoms with Crippen LogP contribution in [-0.4, -0.2) is 52.2 Å². The minimum atomic E-state index is -0.156. The van der Waals surface area contributed by atoms with E-state index in [-0.39, 0.29) is 11.8 Å². The SMILES string of the molecule is Cc1nn(-c2ccc(N3CCOCC3)nn2)c2c1C(c1ccccc1Cl)CC(=O)N2. The van der Waals surface area contributed by atoms with Crippen LogP contribution in [-0.2, 0) is 9.53 Å². The number of morpholine rings is 1. The van der Waals surface area contributed by atoms with Gasteiger partial charge in [-0.05, 0) is 30.7 Å². The fourth-order valence-electron chi connectivity index (χ4n) is 4.13. The number of hydrogen-bond acceptors (Lipinski definition) is 6. The molecule has 9 heteroatoms. The molecule has 0 saturated carbocycles. The van der Waals surface area contributed by atoms with Gasteiger partial charge in [0.25, 0.3) is 0 Å². The van der Waals surface area contributed by atoms with Crippen molar-refractivity contribution in [2.75, 3.05) is 36.5 Å². The molecule has 154 valence electrons. The molecule has 8 nitrogen and oxygen atoms in total. The molecule has 0 aliphatic carbocycles. The summed E-state index contributed by atoms with van der Waals surface area (Å²) in [6.07, 6.45) is 0.324. The number of fused-ring (bicyclic) bond motifs is 1. The highest BCUT2D eigenvalue weighted by Crippen LogP contribution is 2.42. The molecule has 1 N–H and O–H groups in total. The van der Waals surface area contributed by atoms with E-state index < -0.39 is 0 Å². The second-order valence-electron chi connectivity index (χ2n) is 7.44. The van der Waals surface area contributed by atoms with Gasteiger partial charge < -0.3 is 15.0 Å². The summed E-state index contributed by atoms with van der Waals surface area (Å²) < 4.78 is 7.05. The van der Waals surface area contributed by atoms with Crippen LogP contribution in [0.1, 0.15) is 29.2 Å². The molecule has 5 rings (SSSR count). The van der Waals surface area contributed by atoms with Gasteiger partial charge in [0, 0.05) is 36.0 Å². The van der Waals surface area contributed by atoms with Gasteiger partial charge in [0.2, 0.25) is 5.91 Å². The highest BCUT2D eigenvalue weighted by molar-refractivity contribution is 6.31. The van der Waals surface area contributed by atoms with E-state index in [2.05, 4.69) is 25.5 Å². The number of nitrogens with zero attached hydrogens (tertiary/aromatic N) is 5. The van der Waals surface area contributed by atoms with Crippen molar-refractivity contribution in [2.45, 2.75) is 19.3 Å². The fourth-order valence-corrected chi connectivity index (χ4v) is 4.40. The molecule has 1 fully saturated rings. The Morgan fingerprint density at radius 1 is 1.10 bits per heavy atom. The normalized spacial score (nSPS) is 18.8. The van der Waals surface area contributed by atoms with Crippen LogP contribution in [0, 0.1) is 6.92 Å². The van der Waals surface area contributed by atoms with Crippen molar-refractivity contribution < 1.29 is 9.53 Å². The topological polar surface area (TPSA) is 85.2 Å². The number of benzene rings is 1. The van der Waals surface area contributed by atoms with E-state index in [1.54, 1.807) is 4.68 Å².